The summed E-state index contributed by atoms with van der Waals surface area (Å²) in [7, 11) is 0. The first kappa shape index (κ1) is 41.4. The van der Waals surface area contributed by atoms with Crippen LogP contribution in [0.3, 0.4) is 0 Å². The van der Waals surface area contributed by atoms with Gasteiger partial charge in [0.25, 0.3) is 0 Å². The highest BCUT2D eigenvalue weighted by Crippen LogP contribution is 2.54. The fourth-order valence-corrected chi connectivity index (χ4v) is 12.6. The van der Waals surface area contributed by atoms with Crippen LogP contribution in [0.4, 0.5) is 0 Å². The second-order valence-corrected chi connectivity index (χ2v) is 21.8. The predicted molar refractivity (Wildman–Crippen MR) is 277 cm³/mol. The van der Waals surface area contributed by atoms with Gasteiger partial charge in [0.15, 0.2) is 5.78 Å². The lowest BCUT2D eigenvalue weighted by atomic mass is 9.80. The molecule has 2 nitrogen and oxygen atoms in total. The van der Waals surface area contributed by atoms with E-state index < -0.39 is 0 Å². The summed E-state index contributed by atoms with van der Waals surface area (Å²) in [6, 6.07) is 58.4. The second-order valence-electron chi connectivity index (χ2n) is 21.8. The molecule has 8 aromatic rings. The molecule has 0 bridgehead atoms. The molecule has 0 aromatic heterocycles. The lowest BCUT2D eigenvalue weighted by Gasteiger charge is -2.23. The minimum atomic E-state index is -0.238. The molecule has 4 aliphatic rings. The number of ketones is 1. The van der Waals surface area contributed by atoms with Crippen LogP contribution >= 0.6 is 0 Å². The number of carbonyl (C=O) groups is 1. The van der Waals surface area contributed by atoms with Crippen molar-refractivity contribution in [1.29, 1.82) is 0 Å². The summed E-state index contributed by atoms with van der Waals surface area (Å²) < 4.78 is 0. The zero-order chi connectivity index (χ0) is 46.4. The van der Waals surface area contributed by atoms with E-state index in [4.69, 9.17) is 0 Å². The van der Waals surface area contributed by atoms with Gasteiger partial charge in [0.2, 0.25) is 0 Å². The number of benzene rings is 8. The molecule has 1 N–H and O–H groups in total. The van der Waals surface area contributed by atoms with Crippen LogP contribution in [0.5, 0.6) is 0 Å². The quantitative estimate of drug-likeness (QED) is 0.128. The van der Waals surface area contributed by atoms with Gasteiger partial charge in [-0.25, -0.2) is 0 Å². The minimum absolute atomic E-state index is 0.0517. The van der Waals surface area contributed by atoms with Crippen molar-refractivity contribution < 1.29 is 9.90 Å². The minimum Gasteiger partial charge on any atom is -0.512 e. The summed E-state index contributed by atoms with van der Waals surface area (Å²) >= 11 is 0. The monoisotopic (exact) mass is 868 g/mol. The Balaban J connectivity index is 0.749. The second kappa shape index (κ2) is 14.2. The van der Waals surface area contributed by atoms with E-state index >= 15 is 0 Å². The van der Waals surface area contributed by atoms with Crippen LogP contribution in [0, 0.1) is 0 Å². The summed E-state index contributed by atoms with van der Waals surface area (Å²) in [6.45, 7) is 18.5. The molecule has 67 heavy (non-hydrogen) atoms. The van der Waals surface area contributed by atoms with E-state index in [0.29, 0.717) is 6.42 Å². The predicted octanol–water partition coefficient (Wildman–Crippen LogP) is 16.0. The van der Waals surface area contributed by atoms with Gasteiger partial charge in [-0.3, -0.25) is 4.79 Å². The van der Waals surface area contributed by atoms with Crippen molar-refractivity contribution in [2.24, 2.45) is 0 Å². The third-order valence-electron chi connectivity index (χ3n) is 16.4. The van der Waals surface area contributed by atoms with Crippen LogP contribution in [-0.4, -0.2) is 10.9 Å². The number of hydrogen-bond donors (Lipinski definition) is 1. The van der Waals surface area contributed by atoms with Crippen molar-refractivity contribution >= 4 is 5.78 Å². The zero-order valence-corrected chi connectivity index (χ0v) is 39.9. The molecular formula is C65H56O2. The Bertz CT molecular complexity index is 3490. The maximum absolute atomic E-state index is 13.6. The molecular weight excluding hydrogens is 813 g/mol. The van der Waals surface area contributed by atoms with Crippen LogP contribution in [0.2, 0.25) is 0 Å². The van der Waals surface area contributed by atoms with Crippen molar-refractivity contribution in [3.05, 3.63) is 225 Å². The average molecular weight is 869 g/mol. The molecule has 0 unspecified atom stereocenters. The Morgan fingerprint density at radius 3 is 1.01 bits per heavy atom. The van der Waals surface area contributed by atoms with Gasteiger partial charge in [0, 0.05) is 40.6 Å². The lowest BCUT2D eigenvalue weighted by Crippen LogP contribution is -2.16. The van der Waals surface area contributed by atoms with Crippen molar-refractivity contribution in [1.82, 2.24) is 0 Å². The third kappa shape index (κ3) is 6.11. The molecule has 0 heterocycles. The first-order chi connectivity index (χ1) is 32.0. The molecule has 0 radical (unpaired) electrons. The normalized spacial score (nSPS) is 16.6. The molecule has 2 heteroatoms. The largest absolute Gasteiger partial charge is 0.512 e. The molecule has 328 valence electrons. The van der Waals surface area contributed by atoms with Crippen molar-refractivity contribution in [3.8, 4) is 66.8 Å². The van der Waals surface area contributed by atoms with Crippen LogP contribution in [-0.2, 0) is 39.3 Å². The molecule has 0 saturated heterocycles. The van der Waals surface area contributed by atoms with E-state index in [-0.39, 0.29) is 39.6 Å². The third-order valence-corrected chi connectivity index (χ3v) is 16.4. The Morgan fingerprint density at radius 2 is 0.642 bits per heavy atom. The fourth-order valence-electron chi connectivity index (χ4n) is 12.6. The number of allylic oxidation sites excluding steroid dienone is 2. The lowest BCUT2D eigenvalue weighted by molar-refractivity contribution is -0.114. The van der Waals surface area contributed by atoms with Crippen LogP contribution in [0.1, 0.15) is 111 Å². The Kier molecular flexibility index (Phi) is 8.80. The van der Waals surface area contributed by atoms with Gasteiger partial charge in [-0.1, -0.05) is 189 Å². The van der Waals surface area contributed by atoms with Gasteiger partial charge < -0.3 is 5.11 Å². The van der Waals surface area contributed by atoms with E-state index in [0.717, 1.165) is 11.1 Å². The molecule has 4 aliphatic carbocycles. The molecule has 8 aromatic carbocycles. The Labute approximate surface area is 395 Å². The zero-order valence-electron chi connectivity index (χ0n) is 39.9. The molecule has 0 aliphatic heterocycles. The first-order valence-corrected chi connectivity index (χ1v) is 24.0. The fraction of sp³-hybridized carbons (Fsp3) is 0.215. The standard InChI is InChI=1S/C65H56O2/c1-62(2)54-15-11-9-13-46(54)50-25-19-40(33-58(50)62)42-21-27-52-48-23-17-38(31-56(48)64(5,6)60(52)35-42)29-44(66)37-45(67)30-39-18-24-49-53-28-22-43(36-61(53)65(7,8)57(49)32-39)41-20-26-51-47-14-10-12-16-55(47)63(3,4)59(51)34-41/h9-28,31-37,66H,29-30H2,1-8H3/b44-37-. The summed E-state index contributed by atoms with van der Waals surface area (Å²) in [5, 5.41) is 11.3. The Hall–Kier alpha value is -7.03. The van der Waals surface area contributed by atoms with E-state index in [1.165, 1.54) is 117 Å². The van der Waals surface area contributed by atoms with Gasteiger partial charge in [-0.15, -0.1) is 0 Å². The van der Waals surface area contributed by atoms with E-state index in [1.807, 2.05) is 0 Å². The smallest absolute Gasteiger partial charge is 0.163 e. The summed E-state index contributed by atoms with van der Waals surface area (Å²) in [4.78, 5) is 13.6. The van der Waals surface area contributed by atoms with Gasteiger partial charge >= 0.3 is 0 Å². The van der Waals surface area contributed by atoms with Crippen LogP contribution in [0.25, 0.3) is 66.8 Å². The number of hydrogen-bond acceptors (Lipinski definition) is 2. The topological polar surface area (TPSA) is 37.3 Å². The number of fused-ring (bicyclic) bond motifs is 12. The van der Waals surface area contributed by atoms with E-state index in [2.05, 4.69) is 213 Å². The maximum atomic E-state index is 13.6. The molecule has 0 amide bonds. The maximum Gasteiger partial charge on any atom is 0.163 e. The number of rotatable bonds is 7. The molecule has 0 saturated carbocycles. The van der Waals surface area contributed by atoms with Gasteiger partial charge in [-0.2, -0.15) is 0 Å². The molecule has 12 rings (SSSR count). The Morgan fingerprint density at radius 1 is 0.358 bits per heavy atom. The molecule has 0 fully saturated rings. The molecule has 0 atom stereocenters. The summed E-state index contributed by atoms with van der Waals surface area (Å²) in [5.74, 6) is -0.0162. The number of carbonyl (C=O) groups excluding carboxylic acids is 1. The van der Waals surface area contributed by atoms with Crippen molar-refractivity contribution in [2.45, 2.75) is 89.9 Å². The summed E-state index contributed by atoms with van der Waals surface area (Å²) in [5.41, 5.74) is 27.2. The van der Waals surface area contributed by atoms with Gasteiger partial charge in [0.1, 0.15) is 5.76 Å². The number of aliphatic hydroxyl groups is 1. The highest BCUT2D eigenvalue weighted by molar-refractivity contribution is 5.93. The average Bonchev–Trinajstić information content (AvgIpc) is 3.88. The number of aliphatic hydroxyl groups excluding tert-OH is 1. The first-order valence-electron chi connectivity index (χ1n) is 24.0. The van der Waals surface area contributed by atoms with Gasteiger partial charge in [-0.05, 0) is 147 Å². The highest BCUT2D eigenvalue weighted by Gasteiger charge is 2.40. The highest BCUT2D eigenvalue weighted by atomic mass is 16.3. The van der Waals surface area contributed by atoms with Crippen molar-refractivity contribution in [3.63, 3.8) is 0 Å². The molecule has 0 spiro atoms. The van der Waals surface area contributed by atoms with E-state index in [9.17, 15) is 9.90 Å². The SMILES string of the molecule is CC1(C)c2ccccc2-c2ccc(-c3ccc4c(c3)C(C)(C)c3cc(CC(=O)/C=C(\O)Cc5ccc6c(c5)C(C)(C)c5cc(-c7ccc8c(c7)C(C)(C)c7ccccc7-8)ccc5-6)ccc3-4)cc21. The van der Waals surface area contributed by atoms with Crippen LogP contribution < -0.4 is 0 Å². The van der Waals surface area contributed by atoms with Crippen molar-refractivity contribution in [2.75, 3.05) is 0 Å². The van der Waals surface area contributed by atoms with Crippen LogP contribution in [0.15, 0.2) is 170 Å². The van der Waals surface area contributed by atoms with Gasteiger partial charge in [0.05, 0.1) is 0 Å². The van der Waals surface area contributed by atoms with E-state index in [1.54, 1.807) is 0 Å². The summed E-state index contributed by atoms with van der Waals surface area (Å²) in [6.07, 6.45) is 1.96.